The van der Waals surface area contributed by atoms with E-state index in [0.29, 0.717) is 6.42 Å². The molecule has 5 unspecified atom stereocenters. The van der Waals surface area contributed by atoms with Gasteiger partial charge in [0.25, 0.3) is 0 Å². The van der Waals surface area contributed by atoms with Crippen molar-refractivity contribution in [2.24, 2.45) is 17.4 Å². The molecule has 8 N–H and O–H groups in total. The molecule has 0 aromatic rings. The summed E-state index contributed by atoms with van der Waals surface area (Å²) in [7, 11) is 0. The van der Waals surface area contributed by atoms with E-state index in [2.05, 4.69) is 28.6 Å². The van der Waals surface area contributed by atoms with Crippen molar-refractivity contribution in [2.45, 2.75) is 64.2 Å². The van der Waals surface area contributed by atoms with Gasteiger partial charge in [-0.15, -0.1) is 0 Å². The Morgan fingerprint density at radius 1 is 1.00 bits per heavy atom. The summed E-state index contributed by atoms with van der Waals surface area (Å²) in [5, 5.41) is 16.4. The summed E-state index contributed by atoms with van der Waals surface area (Å²) in [5.74, 6) is -4.20. The molecule has 0 rings (SSSR count). The van der Waals surface area contributed by atoms with Gasteiger partial charge in [0.2, 0.25) is 23.6 Å². The number of rotatable bonds is 13. The molecule has 0 aliphatic carbocycles. The van der Waals surface area contributed by atoms with Gasteiger partial charge >= 0.3 is 5.97 Å². The lowest BCUT2D eigenvalue weighted by atomic mass is 9.99. The summed E-state index contributed by atoms with van der Waals surface area (Å²) in [4.78, 5) is 59.1. The molecule has 0 aromatic heterocycles. The number of nitrogens with two attached hydrogens (primary N) is 2. The fourth-order valence-electron chi connectivity index (χ4n) is 2.26. The minimum absolute atomic E-state index is 0.0426. The minimum atomic E-state index is -1.18. The Morgan fingerprint density at radius 3 is 2.03 bits per heavy atom. The van der Waals surface area contributed by atoms with Gasteiger partial charge in [-0.25, -0.2) is 4.79 Å². The number of aliphatic carboxylic acids is 1. The van der Waals surface area contributed by atoms with Gasteiger partial charge in [0.1, 0.15) is 18.1 Å². The van der Waals surface area contributed by atoms with Crippen molar-refractivity contribution in [3.05, 3.63) is 0 Å². The number of hydrogen-bond acceptors (Lipinski definition) is 7. The van der Waals surface area contributed by atoms with E-state index in [0.717, 1.165) is 0 Å². The van der Waals surface area contributed by atoms with E-state index in [1.165, 1.54) is 6.92 Å². The molecule has 0 heterocycles. The molecule has 11 nitrogen and oxygen atoms in total. The molecule has 0 spiro atoms. The van der Waals surface area contributed by atoms with Crippen LogP contribution >= 0.6 is 12.6 Å². The van der Waals surface area contributed by atoms with E-state index in [4.69, 9.17) is 11.5 Å². The average molecular weight is 434 g/mol. The standard InChI is InChI=1S/C17H31N5O6S/c1-4-8(2)13(17(27)28)22-14(24)9(3)20-16(26)11(5-6-12(19)23)21-15(25)10(18)7-29/h8-11,13,29H,4-7,18H2,1-3H3,(H2,19,23)(H,20,26)(H,21,25)(H,22,24)(H,27,28). The lowest BCUT2D eigenvalue weighted by Gasteiger charge is -2.24. The number of carbonyl (C=O) groups excluding carboxylic acids is 4. The SMILES string of the molecule is CCC(C)C(NC(=O)C(C)NC(=O)C(CCC(N)=O)NC(=O)C(N)CS)C(=O)O. The molecule has 4 amide bonds. The monoisotopic (exact) mass is 433 g/mol. The minimum Gasteiger partial charge on any atom is -0.480 e. The number of thiol groups is 1. The lowest BCUT2D eigenvalue weighted by Crippen LogP contribution is -2.57. The van der Waals surface area contributed by atoms with E-state index in [-0.39, 0.29) is 24.5 Å². The Balaban J connectivity index is 5.10. The molecule has 0 bridgehead atoms. The average Bonchev–Trinajstić information content (AvgIpc) is 2.66. The van der Waals surface area contributed by atoms with Crippen LogP contribution in [0.25, 0.3) is 0 Å². The lowest BCUT2D eigenvalue weighted by molar-refractivity contribution is -0.143. The van der Waals surface area contributed by atoms with Crippen molar-refractivity contribution in [1.82, 2.24) is 16.0 Å². The summed E-state index contributed by atoms with van der Waals surface area (Å²) in [6, 6.07) is -4.30. The molecule has 0 aromatic carbocycles. The third-order valence-electron chi connectivity index (χ3n) is 4.37. The Bertz CT molecular complexity index is 617. The Labute approximate surface area is 175 Å². The maximum Gasteiger partial charge on any atom is 0.326 e. The predicted molar refractivity (Wildman–Crippen MR) is 109 cm³/mol. The number of nitrogens with one attached hydrogen (secondary N) is 3. The molecule has 166 valence electrons. The van der Waals surface area contributed by atoms with E-state index < -0.39 is 53.8 Å². The molecule has 0 aliphatic heterocycles. The molecule has 0 fully saturated rings. The van der Waals surface area contributed by atoms with Gasteiger partial charge in [-0.2, -0.15) is 12.6 Å². The molecule has 5 atom stereocenters. The largest absolute Gasteiger partial charge is 0.480 e. The van der Waals surface area contributed by atoms with Gasteiger partial charge in [-0.1, -0.05) is 20.3 Å². The van der Waals surface area contributed by atoms with Gasteiger partial charge in [0.15, 0.2) is 0 Å². The van der Waals surface area contributed by atoms with Crippen LogP contribution in [0.2, 0.25) is 0 Å². The summed E-state index contributed by atoms with van der Waals surface area (Å²) in [6.07, 6.45) is 0.264. The number of carboxylic acid groups (broad SMARTS) is 1. The molecule has 0 saturated heterocycles. The van der Waals surface area contributed by atoms with E-state index in [9.17, 15) is 29.1 Å². The number of carbonyl (C=O) groups is 5. The zero-order valence-electron chi connectivity index (χ0n) is 16.8. The first-order valence-corrected chi connectivity index (χ1v) is 9.86. The first kappa shape index (κ1) is 26.7. The highest BCUT2D eigenvalue weighted by Gasteiger charge is 2.30. The first-order valence-electron chi connectivity index (χ1n) is 9.23. The first-order chi connectivity index (χ1) is 13.4. The molecule has 0 aliphatic rings. The molecular weight excluding hydrogens is 402 g/mol. The van der Waals surface area contributed by atoms with Crippen LogP contribution in [0.5, 0.6) is 0 Å². The normalized spacial score (nSPS) is 15.9. The van der Waals surface area contributed by atoms with E-state index in [1.54, 1.807) is 13.8 Å². The second-order valence-corrected chi connectivity index (χ2v) is 7.16. The fourth-order valence-corrected chi connectivity index (χ4v) is 2.42. The second-order valence-electron chi connectivity index (χ2n) is 6.80. The molecule has 0 radical (unpaired) electrons. The highest BCUT2D eigenvalue weighted by atomic mass is 32.1. The van der Waals surface area contributed by atoms with Gasteiger partial charge in [0.05, 0.1) is 6.04 Å². The van der Waals surface area contributed by atoms with Crippen molar-refractivity contribution in [3.63, 3.8) is 0 Å². The second kappa shape index (κ2) is 13.0. The van der Waals surface area contributed by atoms with Gasteiger partial charge in [-0.05, 0) is 19.3 Å². The Kier molecular flexibility index (Phi) is 11.9. The summed E-state index contributed by atoms with van der Waals surface area (Å²) in [6.45, 7) is 4.84. The van der Waals surface area contributed by atoms with Crippen molar-refractivity contribution < 1.29 is 29.1 Å². The highest BCUT2D eigenvalue weighted by molar-refractivity contribution is 7.80. The van der Waals surface area contributed by atoms with Crippen LogP contribution in [-0.4, -0.2) is 64.6 Å². The van der Waals surface area contributed by atoms with Crippen LogP contribution in [0.15, 0.2) is 0 Å². The highest BCUT2D eigenvalue weighted by Crippen LogP contribution is 2.08. The smallest absolute Gasteiger partial charge is 0.326 e. The zero-order chi connectivity index (χ0) is 22.7. The van der Waals surface area contributed by atoms with Crippen LogP contribution < -0.4 is 27.4 Å². The topological polar surface area (TPSA) is 194 Å². The number of carboxylic acids is 1. The third-order valence-corrected chi connectivity index (χ3v) is 4.77. The summed E-state index contributed by atoms with van der Waals surface area (Å²) in [5.41, 5.74) is 10.7. The van der Waals surface area contributed by atoms with Crippen molar-refractivity contribution >= 4 is 42.2 Å². The summed E-state index contributed by atoms with van der Waals surface area (Å²) >= 11 is 3.91. The van der Waals surface area contributed by atoms with Crippen LogP contribution in [0.4, 0.5) is 0 Å². The van der Waals surface area contributed by atoms with Crippen LogP contribution in [0, 0.1) is 5.92 Å². The van der Waals surface area contributed by atoms with Crippen molar-refractivity contribution in [2.75, 3.05) is 5.75 Å². The predicted octanol–water partition coefficient (Wildman–Crippen LogP) is -1.89. The zero-order valence-corrected chi connectivity index (χ0v) is 17.7. The Morgan fingerprint density at radius 2 is 1.59 bits per heavy atom. The van der Waals surface area contributed by atoms with Crippen LogP contribution in [0.3, 0.4) is 0 Å². The van der Waals surface area contributed by atoms with Crippen LogP contribution in [0.1, 0.15) is 40.0 Å². The van der Waals surface area contributed by atoms with Crippen molar-refractivity contribution in [1.29, 1.82) is 0 Å². The van der Waals surface area contributed by atoms with Crippen LogP contribution in [-0.2, 0) is 24.0 Å². The fraction of sp³-hybridized carbons (Fsp3) is 0.706. The van der Waals surface area contributed by atoms with E-state index in [1.807, 2.05) is 0 Å². The third kappa shape index (κ3) is 9.61. The molecular formula is C17H31N5O6S. The van der Waals surface area contributed by atoms with Gasteiger partial charge < -0.3 is 32.5 Å². The van der Waals surface area contributed by atoms with Gasteiger partial charge in [-0.3, -0.25) is 19.2 Å². The molecule has 0 saturated carbocycles. The number of primary amides is 1. The molecule has 12 heteroatoms. The maximum absolute atomic E-state index is 12.5. The number of hydrogen-bond donors (Lipinski definition) is 7. The van der Waals surface area contributed by atoms with Gasteiger partial charge in [0, 0.05) is 12.2 Å². The quantitative estimate of drug-likeness (QED) is 0.165. The Hall–Kier alpha value is -2.34. The van der Waals surface area contributed by atoms with Crippen molar-refractivity contribution in [3.8, 4) is 0 Å². The number of amides is 4. The summed E-state index contributed by atoms with van der Waals surface area (Å²) < 4.78 is 0. The van der Waals surface area contributed by atoms with E-state index >= 15 is 0 Å². The molecule has 29 heavy (non-hydrogen) atoms. The maximum atomic E-state index is 12.5.